The minimum Gasteiger partial charge on any atom is -0.491 e. The second-order valence-electron chi connectivity index (χ2n) is 8.45. The molecule has 1 aromatic heterocycles. The molecule has 4 heterocycles. The summed E-state index contributed by atoms with van der Waals surface area (Å²) in [5.74, 6) is 2.37. The van der Waals surface area contributed by atoms with Gasteiger partial charge in [-0.3, -0.25) is 9.69 Å². The van der Waals surface area contributed by atoms with Crippen molar-refractivity contribution in [2.75, 3.05) is 56.2 Å². The number of aromatic nitrogens is 1. The quantitative estimate of drug-likeness (QED) is 0.692. The number of rotatable bonds is 7. The molecule has 1 amide bonds. The van der Waals surface area contributed by atoms with Gasteiger partial charge in [0, 0.05) is 45.1 Å². The van der Waals surface area contributed by atoms with E-state index in [0.29, 0.717) is 24.7 Å². The van der Waals surface area contributed by atoms with Gasteiger partial charge in [-0.15, -0.1) is 0 Å². The first-order chi connectivity index (χ1) is 15.3. The first kappa shape index (κ1) is 20.1. The summed E-state index contributed by atoms with van der Waals surface area (Å²) < 4.78 is 11.7. The number of piperazine rings is 1. The Bertz CT molecular complexity index is 940. The topological polar surface area (TPSA) is 66.9 Å². The molecule has 1 saturated heterocycles. The highest BCUT2D eigenvalue weighted by Crippen LogP contribution is 2.36. The molecule has 3 aliphatic heterocycles. The SMILES string of the molecule is O=C1CCc2ccc(OCCCCN3CCN(c4cccc5c4OCC5)CC3)nc2N1. The Labute approximate surface area is 183 Å². The molecule has 5 rings (SSSR count). The minimum absolute atomic E-state index is 0.0291. The Morgan fingerprint density at radius 3 is 2.81 bits per heavy atom. The molecular formula is C24H30N4O3. The van der Waals surface area contributed by atoms with Gasteiger partial charge in [0.15, 0.2) is 0 Å². The van der Waals surface area contributed by atoms with Gasteiger partial charge in [-0.05, 0) is 49.1 Å². The first-order valence-corrected chi connectivity index (χ1v) is 11.4. The number of hydrogen-bond donors (Lipinski definition) is 1. The number of unbranched alkanes of at least 4 members (excludes halogenated alkanes) is 1. The van der Waals surface area contributed by atoms with Gasteiger partial charge in [0.1, 0.15) is 11.6 Å². The zero-order valence-electron chi connectivity index (χ0n) is 17.9. The van der Waals surface area contributed by atoms with Crippen molar-refractivity contribution in [3.05, 3.63) is 41.5 Å². The van der Waals surface area contributed by atoms with Gasteiger partial charge in [0.25, 0.3) is 0 Å². The predicted octanol–water partition coefficient (Wildman–Crippen LogP) is 2.88. The van der Waals surface area contributed by atoms with Crippen LogP contribution in [-0.4, -0.2) is 61.7 Å². The van der Waals surface area contributed by atoms with E-state index < -0.39 is 0 Å². The number of pyridine rings is 1. The third kappa shape index (κ3) is 4.61. The van der Waals surface area contributed by atoms with Gasteiger partial charge in [-0.25, -0.2) is 0 Å². The molecule has 0 unspecified atom stereocenters. The van der Waals surface area contributed by atoms with Crippen molar-refractivity contribution in [3.8, 4) is 11.6 Å². The molecule has 1 fully saturated rings. The molecule has 31 heavy (non-hydrogen) atoms. The molecule has 1 N–H and O–H groups in total. The maximum absolute atomic E-state index is 11.5. The van der Waals surface area contributed by atoms with Gasteiger partial charge in [0.2, 0.25) is 11.8 Å². The van der Waals surface area contributed by atoms with Gasteiger partial charge < -0.3 is 19.7 Å². The molecule has 0 aliphatic carbocycles. The number of nitrogens with zero attached hydrogens (tertiary/aromatic N) is 3. The molecule has 0 bridgehead atoms. The third-order valence-electron chi connectivity index (χ3n) is 6.36. The second kappa shape index (κ2) is 9.14. The Morgan fingerprint density at radius 2 is 1.90 bits per heavy atom. The second-order valence-corrected chi connectivity index (χ2v) is 8.45. The molecular weight excluding hydrogens is 392 g/mol. The van der Waals surface area contributed by atoms with Crippen molar-refractivity contribution in [3.63, 3.8) is 0 Å². The van der Waals surface area contributed by atoms with Crippen LogP contribution in [-0.2, 0) is 17.6 Å². The molecule has 1 aromatic carbocycles. The Kier molecular flexibility index (Phi) is 5.93. The van der Waals surface area contributed by atoms with E-state index in [4.69, 9.17) is 9.47 Å². The van der Waals surface area contributed by atoms with Crippen molar-refractivity contribution >= 4 is 17.4 Å². The van der Waals surface area contributed by atoms with Gasteiger partial charge >= 0.3 is 0 Å². The molecule has 7 heteroatoms. The summed E-state index contributed by atoms with van der Waals surface area (Å²) >= 11 is 0. The largest absolute Gasteiger partial charge is 0.491 e. The number of ether oxygens (including phenoxy) is 2. The van der Waals surface area contributed by atoms with Crippen LogP contribution < -0.4 is 19.7 Å². The van der Waals surface area contributed by atoms with Crippen molar-refractivity contribution in [2.45, 2.75) is 32.1 Å². The maximum atomic E-state index is 11.5. The molecule has 0 radical (unpaired) electrons. The normalized spacial score (nSPS) is 18.2. The number of aryl methyl sites for hydroxylation is 1. The molecule has 2 aromatic rings. The average molecular weight is 423 g/mol. The predicted molar refractivity (Wildman–Crippen MR) is 120 cm³/mol. The van der Waals surface area contributed by atoms with Crippen LogP contribution in [0, 0.1) is 0 Å². The number of fused-ring (bicyclic) bond motifs is 2. The zero-order chi connectivity index (χ0) is 21.0. The van der Waals surface area contributed by atoms with E-state index in [2.05, 4.69) is 38.3 Å². The summed E-state index contributed by atoms with van der Waals surface area (Å²) in [6.45, 7) is 6.79. The van der Waals surface area contributed by atoms with Crippen molar-refractivity contribution in [1.29, 1.82) is 0 Å². The van der Waals surface area contributed by atoms with Crippen molar-refractivity contribution < 1.29 is 14.3 Å². The van der Waals surface area contributed by atoms with Crippen LogP contribution in [0.3, 0.4) is 0 Å². The van der Waals surface area contributed by atoms with E-state index in [0.717, 1.165) is 76.3 Å². The number of carbonyl (C=O) groups excluding carboxylic acids is 1. The van der Waals surface area contributed by atoms with Crippen LogP contribution >= 0.6 is 0 Å². The fourth-order valence-corrected chi connectivity index (χ4v) is 4.58. The summed E-state index contributed by atoms with van der Waals surface area (Å²) in [6.07, 6.45) is 4.41. The fourth-order valence-electron chi connectivity index (χ4n) is 4.58. The van der Waals surface area contributed by atoms with Crippen LogP contribution in [0.25, 0.3) is 0 Å². The first-order valence-electron chi connectivity index (χ1n) is 11.4. The molecule has 164 valence electrons. The Hall–Kier alpha value is -2.80. The minimum atomic E-state index is 0.0291. The van der Waals surface area contributed by atoms with Crippen molar-refractivity contribution in [2.24, 2.45) is 0 Å². The lowest BCUT2D eigenvalue weighted by molar-refractivity contribution is -0.116. The third-order valence-corrected chi connectivity index (χ3v) is 6.36. The van der Waals surface area contributed by atoms with Gasteiger partial charge in [-0.1, -0.05) is 12.1 Å². The number of nitrogens with one attached hydrogen (secondary N) is 1. The summed E-state index contributed by atoms with van der Waals surface area (Å²) in [6, 6.07) is 10.4. The van der Waals surface area contributed by atoms with Crippen LogP contribution in [0.2, 0.25) is 0 Å². The van der Waals surface area contributed by atoms with Crippen molar-refractivity contribution in [1.82, 2.24) is 9.88 Å². The number of para-hydroxylation sites is 1. The van der Waals surface area contributed by atoms with Crippen LogP contribution in [0.1, 0.15) is 30.4 Å². The molecule has 0 saturated carbocycles. The highest BCUT2D eigenvalue weighted by molar-refractivity contribution is 5.92. The number of anilines is 2. The monoisotopic (exact) mass is 422 g/mol. The van der Waals surface area contributed by atoms with E-state index in [-0.39, 0.29) is 5.91 Å². The summed E-state index contributed by atoms with van der Waals surface area (Å²) in [4.78, 5) is 21.0. The van der Waals surface area contributed by atoms with Crippen LogP contribution in [0.15, 0.2) is 30.3 Å². The molecule has 3 aliphatic rings. The number of benzene rings is 1. The highest BCUT2D eigenvalue weighted by atomic mass is 16.5. The van der Waals surface area contributed by atoms with E-state index in [1.54, 1.807) is 0 Å². The fraction of sp³-hybridized carbons (Fsp3) is 0.500. The number of hydrogen-bond acceptors (Lipinski definition) is 6. The summed E-state index contributed by atoms with van der Waals surface area (Å²) in [5.41, 5.74) is 3.69. The average Bonchev–Trinajstić information content (AvgIpc) is 3.28. The van der Waals surface area contributed by atoms with Crippen LogP contribution in [0.4, 0.5) is 11.5 Å². The summed E-state index contributed by atoms with van der Waals surface area (Å²) in [7, 11) is 0. The van der Waals surface area contributed by atoms with E-state index in [9.17, 15) is 4.79 Å². The Morgan fingerprint density at radius 1 is 1.00 bits per heavy atom. The Balaban J connectivity index is 1.02. The molecule has 7 nitrogen and oxygen atoms in total. The lowest BCUT2D eigenvalue weighted by atomic mass is 10.1. The van der Waals surface area contributed by atoms with Gasteiger partial charge in [0.05, 0.1) is 18.9 Å². The van der Waals surface area contributed by atoms with E-state index in [1.807, 2.05) is 12.1 Å². The summed E-state index contributed by atoms with van der Waals surface area (Å²) in [5, 5.41) is 2.83. The smallest absolute Gasteiger partial charge is 0.225 e. The standard InChI is InChI=1S/C24H30N4O3/c29-21-8-6-19-7-9-22(26-24(19)25-21)30-16-2-1-11-27-12-14-28(15-13-27)20-5-3-4-18-10-17-31-23(18)20/h3-5,7,9H,1-2,6,8,10-17H2,(H,25,26,29). The zero-order valence-corrected chi connectivity index (χ0v) is 17.9. The highest BCUT2D eigenvalue weighted by Gasteiger charge is 2.23. The van der Waals surface area contributed by atoms with E-state index >= 15 is 0 Å². The number of carbonyl (C=O) groups is 1. The lowest BCUT2D eigenvalue weighted by Gasteiger charge is -2.36. The van der Waals surface area contributed by atoms with Crippen LogP contribution in [0.5, 0.6) is 11.6 Å². The maximum Gasteiger partial charge on any atom is 0.225 e. The lowest BCUT2D eigenvalue weighted by Crippen LogP contribution is -2.46. The van der Waals surface area contributed by atoms with E-state index in [1.165, 1.54) is 11.3 Å². The number of amides is 1. The van der Waals surface area contributed by atoms with Gasteiger partial charge in [-0.2, -0.15) is 4.98 Å². The molecule has 0 spiro atoms. The molecule has 0 atom stereocenters.